The van der Waals surface area contributed by atoms with E-state index in [1.807, 2.05) is 0 Å². The second-order valence-corrected chi connectivity index (χ2v) is 12.6. The lowest BCUT2D eigenvalue weighted by atomic mass is 10.0. The van der Waals surface area contributed by atoms with Crippen molar-refractivity contribution < 1.29 is 55.2 Å². The minimum absolute atomic E-state index is 0.00341. The summed E-state index contributed by atoms with van der Waals surface area (Å²) in [4.78, 5) is 30.4. The van der Waals surface area contributed by atoms with Gasteiger partial charge in [0.2, 0.25) is 11.8 Å². The summed E-state index contributed by atoms with van der Waals surface area (Å²) in [6.45, 7) is -0.172. The van der Waals surface area contributed by atoms with Crippen LogP contribution in [0.3, 0.4) is 0 Å². The fourth-order valence-corrected chi connectivity index (χ4v) is 5.34. The molecule has 274 valence electrons. The van der Waals surface area contributed by atoms with Crippen LogP contribution in [0, 0.1) is 10.8 Å². The van der Waals surface area contributed by atoms with Crippen LogP contribution in [0.5, 0.6) is 11.8 Å². The third-order valence-electron chi connectivity index (χ3n) is 8.48. The summed E-state index contributed by atoms with van der Waals surface area (Å²) in [6.07, 6.45) is -2.68. The number of carbonyl (C=O) groups is 2. The second kappa shape index (κ2) is 14.6. The van der Waals surface area contributed by atoms with E-state index < -0.39 is 35.1 Å². The summed E-state index contributed by atoms with van der Waals surface area (Å²) in [7, 11) is 1.23. The molecule has 4 heterocycles. The maximum absolute atomic E-state index is 12.9. The Hall–Kier alpha value is -4.58. The van der Waals surface area contributed by atoms with Crippen molar-refractivity contribution in [1.82, 2.24) is 29.5 Å². The Kier molecular flexibility index (Phi) is 10.8. The normalized spacial score (nSPS) is 15.7. The number of carboxylic acids is 1. The number of ether oxygens (including phenoxy) is 3. The van der Waals surface area contributed by atoms with Crippen molar-refractivity contribution >= 4 is 35.1 Å². The van der Waals surface area contributed by atoms with Gasteiger partial charge in [0.25, 0.3) is 0 Å². The van der Waals surface area contributed by atoms with Gasteiger partial charge in [0.05, 0.1) is 52.3 Å². The molecule has 0 unspecified atom stereocenters. The number of hydrogen-bond acceptors (Lipinski definition) is 9. The van der Waals surface area contributed by atoms with E-state index in [2.05, 4.69) is 24.9 Å². The number of carboxylic acid groups (broad SMARTS) is 1. The van der Waals surface area contributed by atoms with Crippen molar-refractivity contribution in [3.63, 3.8) is 0 Å². The molecular formula is C31H28Cl2F6N6O6. The Labute approximate surface area is 295 Å². The number of esters is 1. The van der Waals surface area contributed by atoms with E-state index in [1.54, 1.807) is 0 Å². The molecule has 2 fully saturated rings. The molecule has 0 radical (unpaired) electrons. The molecule has 51 heavy (non-hydrogen) atoms. The third kappa shape index (κ3) is 8.66. The number of carbonyl (C=O) groups excluding carboxylic acids is 1. The third-order valence-corrected chi connectivity index (χ3v) is 9.11. The van der Waals surface area contributed by atoms with Crippen molar-refractivity contribution in [1.29, 1.82) is 0 Å². The van der Waals surface area contributed by atoms with Gasteiger partial charge < -0.3 is 19.3 Å². The Morgan fingerprint density at radius 1 is 0.784 bits per heavy atom. The molecular weight excluding hydrogens is 737 g/mol. The standard InChI is InChI=1S/C16H15ClF3N3O3.C15H13ClF3N3O3/c1-25-14(24)10-9-21-12(8-11(10)17)23-6-2-13(22-23)26-7-5-15(3-4-15)16(18,19)20;16-10-7-11(20-8-9(10)13(23)24)22-5-1-12(21-22)25-6-4-14(2-3-14)15(17,18)19/h2,6,8-9H,3-5,7H2,1H3;1,5,7-8H,2-4,6H2,(H,23,24). The van der Waals surface area contributed by atoms with Gasteiger partial charge in [-0.05, 0) is 38.5 Å². The van der Waals surface area contributed by atoms with E-state index in [-0.39, 0.29) is 90.5 Å². The maximum atomic E-state index is 12.9. The van der Waals surface area contributed by atoms with Gasteiger partial charge in [-0.25, -0.2) is 28.9 Å². The zero-order chi connectivity index (χ0) is 37.2. The molecule has 0 aromatic carbocycles. The largest absolute Gasteiger partial charge is 0.478 e. The number of pyridine rings is 2. The lowest BCUT2D eigenvalue weighted by Gasteiger charge is -2.18. The van der Waals surface area contributed by atoms with Crippen LogP contribution in [-0.2, 0) is 4.74 Å². The predicted octanol–water partition coefficient (Wildman–Crippen LogP) is 7.55. The quantitative estimate of drug-likeness (QED) is 0.113. The summed E-state index contributed by atoms with van der Waals surface area (Å²) >= 11 is 11.9. The van der Waals surface area contributed by atoms with E-state index in [4.69, 9.17) is 37.8 Å². The number of aromatic carboxylic acids is 1. The van der Waals surface area contributed by atoms with Crippen molar-refractivity contribution in [2.75, 3.05) is 20.3 Å². The van der Waals surface area contributed by atoms with Crippen LogP contribution in [0.2, 0.25) is 10.0 Å². The lowest BCUT2D eigenvalue weighted by Crippen LogP contribution is -2.26. The van der Waals surface area contributed by atoms with Crippen LogP contribution >= 0.6 is 23.2 Å². The lowest BCUT2D eigenvalue weighted by molar-refractivity contribution is -0.190. The Morgan fingerprint density at radius 3 is 1.53 bits per heavy atom. The first-order valence-electron chi connectivity index (χ1n) is 15.1. The van der Waals surface area contributed by atoms with Gasteiger partial charge in [-0.15, -0.1) is 10.2 Å². The molecule has 0 spiro atoms. The zero-order valence-corrected chi connectivity index (χ0v) is 28.0. The predicted molar refractivity (Wildman–Crippen MR) is 167 cm³/mol. The van der Waals surface area contributed by atoms with Crippen LogP contribution < -0.4 is 9.47 Å². The monoisotopic (exact) mass is 764 g/mol. The highest BCUT2D eigenvalue weighted by atomic mass is 35.5. The first-order valence-corrected chi connectivity index (χ1v) is 15.9. The fourth-order valence-electron chi connectivity index (χ4n) is 4.89. The molecule has 2 aliphatic carbocycles. The molecule has 12 nitrogen and oxygen atoms in total. The van der Waals surface area contributed by atoms with Crippen molar-refractivity contribution in [2.24, 2.45) is 10.8 Å². The van der Waals surface area contributed by atoms with Gasteiger partial charge in [-0.3, -0.25) is 0 Å². The van der Waals surface area contributed by atoms with E-state index in [9.17, 15) is 35.9 Å². The molecule has 0 amide bonds. The molecule has 2 aliphatic rings. The van der Waals surface area contributed by atoms with Crippen molar-refractivity contribution in [3.05, 3.63) is 70.2 Å². The molecule has 4 aromatic heterocycles. The highest BCUT2D eigenvalue weighted by Gasteiger charge is 2.63. The summed E-state index contributed by atoms with van der Waals surface area (Å²) in [5.74, 6) is -0.897. The smallest absolute Gasteiger partial charge is 0.394 e. The molecule has 6 rings (SSSR count). The van der Waals surface area contributed by atoms with Gasteiger partial charge in [0.15, 0.2) is 11.6 Å². The van der Waals surface area contributed by atoms with Gasteiger partial charge in [0.1, 0.15) is 0 Å². The van der Waals surface area contributed by atoms with Gasteiger partial charge in [0, 0.05) is 49.1 Å². The number of methoxy groups -OCH3 is 1. The average molecular weight is 765 g/mol. The van der Waals surface area contributed by atoms with Gasteiger partial charge in [-0.2, -0.15) is 26.3 Å². The van der Waals surface area contributed by atoms with Crippen LogP contribution in [0.1, 0.15) is 59.2 Å². The highest BCUT2D eigenvalue weighted by molar-refractivity contribution is 6.34. The van der Waals surface area contributed by atoms with E-state index in [0.29, 0.717) is 5.82 Å². The van der Waals surface area contributed by atoms with E-state index >= 15 is 0 Å². The molecule has 4 aromatic rings. The second-order valence-electron chi connectivity index (χ2n) is 11.8. The molecule has 20 heteroatoms. The topological polar surface area (TPSA) is 143 Å². The Morgan fingerprint density at radius 2 is 1.20 bits per heavy atom. The average Bonchev–Trinajstić information content (AvgIpc) is 3.94. The van der Waals surface area contributed by atoms with Crippen LogP contribution in [0.4, 0.5) is 26.3 Å². The summed E-state index contributed by atoms with van der Waals surface area (Å²) in [5, 5.41) is 17.2. The molecule has 1 N–H and O–H groups in total. The minimum atomic E-state index is -4.21. The fraction of sp³-hybridized carbons (Fsp3) is 0.419. The molecule has 0 aliphatic heterocycles. The van der Waals surface area contributed by atoms with E-state index in [0.717, 1.165) is 6.20 Å². The van der Waals surface area contributed by atoms with Gasteiger partial charge in [-0.1, -0.05) is 23.2 Å². The van der Waals surface area contributed by atoms with Crippen LogP contribution in [-0.4, -0.2) is 79.3 Å². The number of rotatable bonds is 12. The number of hydrogen-bond donors (Lipinski definition) is 1. The first-order chi connectivity index (χ1) is 24.0. The van der Waals surface area contributed by atoms with E-state index in [1.165, 1.54) is 59.3 Å². The van der Waals surface area contributed by atoms with Crippen molar-refractivity contribution in [2.45, 2.75) is 50.9 Å². The molecule has 0 bridgehead atoms. The zero-order valence-electron chi connectivity index (χ0n) is 26.5. The molecule has 2 saturated carbocycles. The number of alkyl halides is 6. The number of nitrogens with zero attached hydrogens (tertiary/aromatic N) is 6. The maximum Gasteiger partial charge on any atom is 0.394 e. The minimum Gasteiger partial charge on any atom is -0.478 e. The Balaban J connectivity index is 0.000000198. The number of halogens is 8. The number of aromatic nitrogens is 6. The summed E-state index contributed by atoms with van der Waals surface area (Å²) in [5.41, 5.74) is -3.24. The van der Waals surface area contributed by atoms with Crippen LogP contribution in [0.15, 0.2) is 49.1 Å². The highest BCUT2D eigenvalue weighted by Crippen LogP contribution is 2.60. The summed E-state index contributed by atoms with van der Waals surface area (Å²) < 4.78 is 95.0. The molecule has 0 saturated heterocycles. The van der Waals surface area contributed by atoms with Crippen molar-refractivity contribution in [3.8, 4) is 23.4 Å². The SMILES string of the molecule is COC(=O)c1cnc(-n2ccc(OCCC3(C(F)(F)F)CC3)n2)cc1Cl.O=C(O)c1cnc(-n2ccc(OCCC3(C(F)(F)F)CC3)n2)cc1Cl. The first kappa shape index (κ1) is 37.7. The Bertz CT molecular complexity index is 1890. The molecule has 0 atom stereocenters. The summed E-state index contributed by atoms with van der Waals surface area (Å²) in [6, 6.07) is 5.74. The van der Waals surface area contributed by atoms with Gasteiger partial charge >= 0.3 is 24.3 Å². The van der Waals surface area contributed by atoms with Crippen LogP contribution in [0.25, 0.3) is 11.6 Å².